The van der Waals surface area contributed by atoms with E-state index in [0.717, 1.165) is 55.4 Å². The maximum absolute atomic E-state index is 12.3. The summed E-state index contributed by atoms with van der Waals surface area (Å²) in [6, 6.07) is 15.1. The fourth-order valence-corrected chi connectivity index (χ4v) is 3.40. The molecule has 0 spiro atoms. The van der Waals surface area contributed by atoms with Crippen molar-refractivity contribution in [3.05, 3.63) is 48.5 Å². The highest BCUT2D eigenvalue weighted by Crippen LogP contribution is 2.20. The van der Waals surface area contributed by atoms with Crippen molar-refractivity contribution in [1.82, 2.24) is 0 Å². The van der Waals surface area contributed by atoms with Crippen LogP contribution in [0.3, 0.4) is 0 Å². The topological polar surface area (TPSA) is 68.8 Å². The number of carbonyl (C=O) groups excluding carboxylic acids is 1. The van der Waals surface area contributed by atoms with Crippen molar-refractivity contribution >= 4 is 17.3 Å². The molecule has 0 aromatic heterocycles. The summed E-state index contributed by atoms with van der Waals surface area (Å²) >= 11 is 0. The third kappa shape index (κ3) is 8.50. The summed E-state index contributed by atoms with van der Waals surface area (Å²) < 4.78 is 17.1. The molecule has 31 heavy (non-hydrogen) atoms. The number of hydrogen-bond acceptors (Lipinski definition) is 5. The Hall–Kier alpha value is -2.73. The predicted octanol–water partition coefficient (Wildman–Crippen LogP) is 5.25. The van der Waals surface area contributed by atoms with Gasteiger partial charge in [0.1, 0.15) is 18.1 Å². The summed E-state index contributed by atoms with van der Waals surface area (Å²) in [6.07, 6.45) is 7.05. The van der Waals surface area contributed by atoms with Gasteiger partial charge in [-0.15, -0.1) is 0 Å². The molecule has 2 aromatic carbocycles. The molecule has 168 valence electrons. The zero-order valence-electron chi connectivity index (χ0n) is 18.4. The van der Waals surface area contributed by atoms with Crippen molar-refractivity contribution in [3.8, 4) is 11.5 Å². The molecule has 1 saturated heterocycles. The Balaban J connectivity index is 1.37. The third-order valence-corrected chi connectivity index (χ3v) is 5.15. The Bertz CT molecular complexity index is 788. The number of ether oxygens (including phenoxy) is 3. The molecule has 2 aromatic rings. The van der Waals surface area contributed by atoms with Gasteiger partial charge in [0.2, 0.25) is 5.91 Å². The van der Waals surface area contributed by atoms with E-state index in [1.165, 1.54) is 19.3 Å². The Morgan fingerprint density at radius 2 is 1.90 bits per heavy atom. The van der Waals surface area contributed by atoms with Gasteiger partial charge in [0.15, 0.2) is 0 Å². The minimum atomic E-state index is -0.112. The van der Waals surface area contributed by atoms with Gasteiger partial charge in [-0.2, -0.15) is 0 Å². The molecule has 1 heterocycles. The number of carbonyl (C=O) groups is 1. The maximum atomic E-state index is 12.3. The summed E-state index contributed by atoms with van der Waals surface area (Å²) in [5, 5.41) is 6.04. The second kappa shape index (κ2) is 12.8. The first kappa shape index (κ1) is 22.9. The molecule has 1 unspecified atom stereocenters. The summed E-state index contributed by atoms with van der Waals surface area (Å²) in [7, 11) is 0. The molecule has 1 aliphatic rings. The van der Waals surface area contributed by atoms with E-state index in [2.05, 4.69) is 17.6 Å². The van der Waals surface area contributed by atoms with Crippen LogP contribution in [0.25, 0.3) is 0 Å². The van der Waals surface area contributed by atoms with Gasteiger partial charge in [0.05, 0.1) is 19.3 Å². The van der Waals surface area contributed by atoms with Crippen molar-refractivity contribution in [3.63, 3.8) is 0 Å². The Kier molecular flexibility index (Phi) is 9.51. The van der Waals surface area contributed by atoms with Crippen LogP contribution >= 0.6 is 0 Å². The number of anilines is 2. The lowest BCUT2D eigenvalue weighted by Crippen LogP contribution is -2.21. The second-order valence-corrected chi connectivity index (χ2v) is 7.81. The Morgan fingerprint density at radius 1 is 1.03 bits per heavy atom. The molecule has 1 fully saturated rings. The highest BCUT2D eigenvalue weighted by atomic mass is 16.5. The van der Waals surface area contributed by atoms with Crippen LogP contribution in [0.2, 0.25) is 0 Å². The van der Waals surface area contributed by atoms with Crippen LogP contribution in [0.4, 0.5) is 11.4 Å². The lowest BCUT2D eigenvalue weighted by atomic mass is 10.2. The molecule has 2 N–H and O–H groups in total. The average Bonchev–Trinajstić information content (AvgIpc) is 3.31. The molecule has 6 nitrogen and oxygen atoms in total. The van der Waals surface area contributed by atoms with Crippen LogP contribution in [0, 0.1) is 0 Å². The maximum Gasteiger partial charge on any atom is 0.243 e. The van der Waals surface area contributed by atoms with Crippen molar-refractivity contribution in [2.75, 3.05) is 37.0 Å². The number of rotatable bonds is 13. The van der Waals surface area contributed by atoms with E-state index in [9.17, 15) is 4.79 Å². The molecule has 6 heteroatoms. The van der Waals surface area contributed by atoms with Crippen molar-refractivity contribution in [1.29, 1.82) is 0 Å². The minimum Gasteiger partial charge on any atom is -0.494 e. The standard InChI is InChI=1S/C25H34N2O4/c1-2-3-4-5-15-29-22-13-11-20(12-14-22)27-25(28)18-26-21-8-6-9-23(17-21)31-19-24-10-7-16-30-24/h6,8-9,11-14,17,24,26H,2-5,7,10,15-16,18-19H2,1H3,(H,27,28). The monoisotopic (exact) mass is 426 g/mol. The third-order valence-electron chi connectivity index (χ3n) is 5.15. The number of nitrogens with one attached hydrogen (secondary N) is 2. The van der Waals surface area contributed by atoms with E-state index in [1.807, 2.05) is 48.5 Å². The van der Waals surface area contributed by atoms with Crippen LogP contribution in [0.15, 0.2) is 48.5 Å². The molecule has 0 aliphatic carbocycles. The van der Waals surface area contributed by atoms with Gasteiger partial charge in [-0.3, -0.25) is 4.79 Å². The van der Waals surface area contributed by atoms with Gasteiger partial charge in [-0.05, 0) is 55.7 Å². The van der Waals surface area contributed by atoms with Gasteiger partial charge in [0, 0.05) is 24.0 Å². The Labute approximate surface area is 185 Å². The highest BCUT2D eigenvalue weighted by molar-refractivity contribution is 5.93. The zero-order chi connectivity index (χ0) is 21.7. The number of hydrogen-bond donors (Lipinski definition) is 2. The number of unbranched alkanes of at least 4 members (excludes halogenated alkanes) is 3. The molecule has 3 rings (SSSR count). The summed E-state index contributed by atoms with van der Waals surface area (Å²) in [5.41, 5.74) is 1.59. The molecule has 1 amide bonds. The van der Waals surface area contributed by atoms with Crippen LogP contribution in [0.5, 0.6) is 11.5 Å². The smallest absolute Gasteiger partial charge is 0.243 e. The van der Waals surface area contributed by atoms with Crippen molar-refractivity contribution in [2.45, 2.75) is 51.6 Å². The van der Waals surface area contributed by atoms with E-state index in [0.29, 0.717) is 6.61 Å². The van der Waals surface area contributed by atoms with Crippen molar-refractivity contribution < 1.29 is 19.0 Å². The first-order valence-corrected chi connectivity index (χ1v) is 11.3. The average molecular weight is 427 g/mol. The molecular formula is C25H34N2O4. The summed E-state index contributed by atoms with van der Waals surface area (Å²) in [4.78, 5) is 12.3. The highest BCUT2D eigenvalue weighted by Gasteiger charge is 2.16. The first-order chi connectivity index (χ1) is 15.2. The van der Waals surface area contributed by atoms with Gasteiger partial charge in [-0.25, -0.2) is 0 Å². The largest absolute Gasteiger partial charge is 0.494 e. The summed E-state index contributed by atoms with van der Waals surface area (Å²) in [6.45, 7) is 4.47. The fourth-order valence-electron chi connectivity index (χ4n) is 3.40. The molecule has 1 atom stereocenters. The minimum absolute atomic E-state index is 0.112. The van der Waals surface area contributed by atoms with Gasteiger partial charge < -0.3 is 24.8 Å². The normalized spacial score (nSPS) is 15.5. The van der Waals surface area contributed by atoms with Crippen LogP contribution < -0.4 is 20.1 Å². The van der Waals surface area contributed by atoms with E-state index in [1.54, 1.807) is 0 Å². The second-order valence-electron chi connectivity index (χ2n) is 7.81. The van der Waals surface area contributed by atoms with E-state index in [4.69, 9.17) is 14.2 Å². The fraction of sp³-hybridized carbons (Fsp3) is 0.480. The van der Waals surface area contributed by atoms with Crippen LogP contribution in [0.1, 0.15) is 45.4 Å². The van der Waals surface area contributed by atoms with Crippen LogP contribution in [-0.2, 0) is 9.53 Å². The lowest BCUT2D eigenvalue weighted by Gasteiger charge is -2.13. The SMILES string of the molecule is CCCCCCOc1ccc(NC(=O)CNc2cccc(OCC3CCCO3)c2)cc1. The van der Waals surface area contributed by atoms with E-state index < -0.39 is 0 Å². The van der Waals surface area contributed by atoms with E-state index in [-0.39, 0.29) is 18.6 Å². The summed E-state index contributed by atoms with van der Waals surface area (Å²) in [5.74, 6) is 1.48. The molecular weight excluding hydrogens is 392 g/mol. The predicted molar refractivity (Wildman–Crippen MR) is 124 cm³/mol. The van der Waals surface area contributed by atoms with Crippen molar-refractivity contribution in [2.24, 2.45) is 0 Å². The lowest BCUT2D eigenvalue weighted by molar-refractivity contribution is -0.114. The number of benzene rings is 2. The van der Waals surface area contributed by atoms with E-state index >= 15 is 0 Å². The Morgan fingerprint density at radius 3 is 2.68 bits per heavy atom. The first-order valence-electron chi connectivity index (χ1n) is 11.3. The van der Waals surface area contributed by atoms with Gasteiger partial charge >= 0.3 is 0 Å². The quantitative estimate of drug-likeness (QED) is 0.428. The van der Waals surface area contributed by atoms with Crippen LogP contribution in [-0.4, -0.2) is 38.4 Å². The molecule has 0 saturated carbocycles. The van der Waals surface area contributed by atoms with Gasteiger partial charge in [-0.1, -0.05) is 32.3 Å². The molecule has 0 radical (unpaired) electrons. The molecule has 0 bridgehead atoms. The van der Waals surface area contributed by atoms with Gasteiger partial charge in [0.25, 0.3) is 0 Å². The molecule has 1 aliphatic heterocycles. The number of amides is 1. The zero-order valence-corrected chi connectivity index (χ0v) is 18.4.